The Morgan fingerprint density at radius 3 is 2.80 bits per heavy atom. The summed E-state index contributed by atoms with van der Waals surface area (Å²) in [5.74, 6) is 0.485. The lowest BCUT2D eigenvalue weighted by Gasteiger charge is -2.11. The van der Waals surface area contributed by atoms with Crippen LogP contribution in [0.2, 0.25) is 0 Å². The summed E-state index contributed by atoms with van der Waals surface area (Å²) in [6.45, 7) is 4.02. The van der Waals surface area contributed by atoms with Gasteiger partial charge in [0.15, 0.2) is 10.9 Å². The molecule has 0 saturated heterocycles. The van der Waals surface area contributed by atoms with Gasteiger partial charge in [-0.25, -0.2) is 0 Å². The fraction of sp³-hybridized carbons (Fsp3) is 0.167. The molecule has 0 spiro atoms. The van der Waals surface area contributed by atoms with Gasteiger partial charge < -0.3 is 10.1 Å². The summed E-state index contributed by atoms with van der Waals surface area (Å²) < 4.78 is 6.41. The molecular formula is C18H17N3O2S2. The van der Waals surface area contributed by atoms with Crippen LogP contribution in [0.3, 0.4) is 0 Å². The fourth-order valence-electron chi connectivity index (χ4n) is 2.10. The molecule has 0 saturated carbocycles. The maximum atomic E-state index is 12.2. The quantitative estimate of drug-likeness (QED) is 0.699. The van der Waals surface area contributed by atoms with Crippen LogP contribution in [0.1, 0.15) is 11.1 Å². The van der Waals surface area contributed by atoms with Gasteiger partial charge >= 0.3 is 0 Å². The van der Waals surface area contributed by atoms with E-state index < -0.39 is 0 Å². The molecule has 1 heterocycles. The van der Waals surface area contributed by atoms with Crippen molar-refractivity contribution in [1.82, 2.24) is 10.2 Å². The molecule has 128 valence electrons. The highest BCUT2D eigenvalue weighted by atomic mass is 32.2. The highest BCUT2D eigenvalue weighted by Crippen LogP contribution is 2.33. The first-order valence-electron chi connectivity index (χ1n) is 7.65. The van der Waals surface area contributed by atoms with Crippen molar-refractivity contribution in [1.29, 1.82) is 0 Å². The minimum absolute atomic E-state index is 0.0414. The van der Waals surface area contributed by atoms with Crippen LogP contribution in [0.4, 0.5) is 5.69 Å². The van der Waals surface area contributed by atoms with Gasteiger partial charge in [-0.3, -0.25) is 4.79 Å². The number of aryl methyl sites for hydroxylation is 2. The summed E-state index contributed by atoms with van der Waals surface area (Å²) in [6.07, 6.45) is 0. The number of carbonyl (C=O) groups excluding carboxylic acids is 1. The number of benzene rings is 2. The molecule has 0 aliphatic heterocycles. The Bertz CT molecular complexity index is 867. The molecule has 0 atom stereocenters. The van der Waals surface area contributed by atoms with Gasteiger partial charge in [0.25, 0.3) is 5.91 Å². The van der Waals surface area contributed by atoms with E-state index in [1.807, 2.05) is 56.3 Å². The van der Waals surface area contributed by atoms with Gasteiger partial charge in [0.05, 0.1) is 5.69 Å². The third kappa shape index (κ3) is 4.80. The monoisotopic (exact) mass is 371 g/mol. The van der Waals surface area contributed by atoms with Crippen LogP contribution in [-0.2, 0) is 4.79 Å². The zero-order valence-electron chi connectivity index (χ0n) is 13.9. The normalized spacial score (nSPS) is 10.5. The SMILES string of the molecule is Cc1ccc(OCC(=O)Nc2ccccc2Sc2nncs2)cc1C. The van der Waals surface area contributed by atoms with E-state index in [0.717, 1.165) is 20.5 Å². The smallest absolute Gasteiger partial charge is 0.262 e. The van der Waals surface area contributed by atoms with Gasteiger partial charge in [0.1, 0.15) is 11.3 Å². The van der Waals surface area contributed by atoms with Crippen LogP contribution in [-0.4, -0.2) is 22.7 Å². The number of aromatic nitrogens is 2. The second kappa shape index (κ2) is 8.13. The Morgan fingerprint density at radius 1 is 1.20 bits per heavy atom. The number of ether oxygens (including phenoxy) is 1. The molecule has 5 nitrogen and oxygen atoms in total. The van der Waals surface area contributed by atoms with Crippen LogP contribution in [0, 0.1) is 13.8 Å². The number of hydrogen-bond donors (Lipinski definition) is 1. The van der Waals surface area contributed by atoms with E-state index >= 15 is 0 Å². The summed E-state index contributed by atoms with van der Waals surface area (Å²) in [5, 5.41) is 10.7. The molecule has 0 aliphatic rings. The standard InChI is InChI=1S/C18H17N3O2S2/c1-12-7-8-14(9-13(12)2)23-10-17(22)20-15-5-3-4-6-16(15)25-18-21-19-11-24-18/h3-9,11H,10H2,1-2H3,(H,20,22). The molecule has 0 fully saturated rings. The fourth-order valence-corrected chi connectivity index (χ4v) is 3.62. The molecule has 0 bridgehead atoms. The Kier molecular flexibility index (Phi) is 5.67. The molecule has 3 rings (SSSR count). The van der Waals surface area contributed by atoms with Crippen molar-refractivity contribution in [2.45, 2.75) is 23.1 Å². The van der Waals surface area contributed by atoms with E-state index in [2.05, 4.69) is 15.5 Å². The van der Waals surface area contributed by atoms with Crippen LogP contribution in [0.15, 0.2) is 57.2 Å². The average Bonchev–Trinajstić information content (AvgIpc) is 3.11. The average molecular weight is 371 g/mol. The molecule has 0 aliphatic carbocycles. The first-order chi connectivity index (χ1) is 12.1. The zero-order valence-corrected chi connectivity index (χ0v) is 15.5. The van der Waals surface area contributed by atoms with Crippen molar-refractivity contribution in [2.24, 2.45) is 0 Å². The maximum Gasteiger partial charge on any atom is 0.262 e. The molecule has 0 unspecified atom stereocenters. The van der Waals surface area contributed by atoms with Gasteiger partial charge in [-0.15, -0.1) is 10.2 Å². The maximum absolute atomic E-state index is 12.2. The second-order valence-electron chi connectivity index (χ2n) is 5.39. The van der Waals surface area contributed by atoms with Gasteiger partial charge in [-0.1, -0.05) is 41.3 Å². The molecule has 0 radical (unpaired) electrons. The largest absolute Gasteiger partial charge is 0.484 e. The molecule has 1 amide bonds. The van der Waals surface area contributed by atoms with Gasteiger partial charge in [0.2, 0.25) is 0 Å². The molecule has 3 aromatic rings. The topological polar surface area (TPSA) is 64.1 Å². The summed E-state index contributed by atoms with van der Waals surface area (Å²) in [7, 11) is 0. The Hall–Kier alpha value is -2.38. The number of para-hydroxylation sites is 1. The lowest BCUT2D eigenvalue weighted by Crippen LogP contribution is -2.20. The summed E-state index contributed by atoms with van der Waals surface area (Å²) in [4.78, 5) is 13.1. The van der Waals surface area contributed by atoms with Crippen LogP contribution in [0.25, 0.3) is 0 Å². The summed E-state index contributed by atoms with van der Waals surface area (Å²) in [6, 6.07) is 13.4. The van der Waals surface area contributed by atoms with Crippen molar-refractivity contribution in [3.8, 4) is 5.75 Å². The van der Waals surface area contributed by atoms with Crippen LogP contribution in [0.5, 0.6) is 5.75 Å². The molecule has 7 heteroatoms. The number of carbonyl (C=O) groups is 1. The molecular weight excluding hydrogens is 354 g/mol. The lowest BCUT2D eigenvalue weighted by atomic mass is 10.1. The third-order valence-corrected chi connectivity index (χ3v) is 5.40. The minimum atomic E-state index is -0.205. The molecule has 25 heavy (non-hydrogen) atoms. The summed E-state index contributed by atoms with van der Waals surface area (Å²) >= 11 is 2.93. The van der Waals surface area contributed by atoms with E-state index in [1.54, 1.807) is 5.51 Å². The predicted octanol–water partition coefficient (Wildman–Crippen LogP) is 4.32. The molecule has 1 aromatic heterocycles. The molecule has 2 aromatic carbocycles. The number of nitrogens with zero attached hydrogens (tertiary/aromatic N) is 2. The van der Waals surface area contributed by atoms with Crippen molar-refractivity contribution < 1.29 is 9.53 Å². The van der Waals surface area contributed by atoms with E-state index in [0.29, 0.717) is 5.75 Å². The first-order valence-corrected chi connectivity index (χ1v) is 9.34. The van der Waals surface area contributed by atoms with E-state index in [9.17, 15) is 4.79 Å². The highest BCUT2D eigenvalue weighted by molar-refractivity contribution is 8.01. The Morgan fingerprint density at radius 2 is 2.04 bits per heavy atom. The Labute approximate surface area is 154 Å². The first kappa shape index (κ1) is 17.4. The van der Waals surface area contributed by atoms with Crippen molar-refractivity contribution in [2.75, 3.05) is 11.9 Å². The lowest BCUT2D eigenvalue weighted by molar-refractivity contribution is -0.118. The van der Waals surface area contributed by atoms with E-state index in [4.69, 9.17) is 4.74 Å². The van der Waals surface area contributed by atoms with Crippen LogP contribution < -0.4 is 10.1 Å². The predicted molar refractivity (Wildman–Crippen MR) is 101 cm³/mol. The number of rotatable bonds is 6. The van der Waals surface area contributed by atoms with Gasteiger partial charge in [-0.2, -0.15) is 0 Å². The highest BCUT2D eigenvalue weighted by Gasteiger charge is 2.10. The number of hydrogen-bond acceptors (Lipinski definition) is 6. The number of anilines is 1. The summed E-state index contributed by atoms with van der Waals surface area (Å²) in [5.41, 5.74) is 4.74. The number of amides is 1. The van der Waals surface area contributed by atoms with Crippen molar-refractivity contribution in [3.05, 3.63) is 59.1 Å². The zero-order chi connectivity index (χ0) is 17.6. The second-order valence-corrected chi connectivity index (χ2v) is 7.51. The van der Waals surface area contributed by atoms with Crippen molar-refractivity contribution >= 4 is 34.7 Å². The number of nitrogens with one attached hydrogen (secondary N) is 1. The van der Waals surface area contributed by atoms with Gasteiger partial charge in [0, 0.05) is 4.90 Å². The molecule has 1 N–H and O–H groups in total. The minimum Gasteiger partial charge on any atom is -0.484 e. The van der Waals surface area contributed by atoms with Gasteiger partial charge in [-0.05, 0) is 49.2 Å². The third-order valence-electron chi connectivity index (χ3n) is 3.55. The van der Waals surface area contributed by atoms with Crippen molar-refractivity contribution in [3.63, 3.8) is 0 Å². The van der Waals surface area contributed by atoms with E-state index in [1.165, 1.54) is 28.7 Å². The Balaban J connectivity index is 1.62. The van der Waals surface area contributed by atoms with Crippen LogP contribution >= 0.6 is 23.1 Å². The van der Waals surface area contributed by atoms with E-state index in [-0.39, 0.29) is 12.5 Å².